The maximum Gasteiger partial charge on any atom is 0.272 e. The number of aryl methyl sites for hydroxylation is 1. The number of aliphatic hydroxyl groups excluding tert-OH is 1. The molecule has 1 amide bonds. The van der Waals surface area contributed by atoms with Crippen LogP contribution in [-0.2, 0) is 6.42 Å². The number of nitrogens with one attached hydrogen (secondary N) is 2. The third-order valence-corrected chi connectivity index (χ3v) is 7.36. The molecular weight excluding hydrogens is 430 g/mol. The smallest absolute Gasteiger partial charge is 0.272 e. The number of aromatic amines is 1. The molecule has 5 rings (SSSR count). The van der Waals surface area contributed by atoms with Gasteiger partial charge in [0, 0.05) is 17.6 Å². The first-order chi connectivity index (χ1) is 16.4. The number of nitrogens with zero attached hydrogens (tertiary/aromatic N) is 3. The molecule has 0 spiro atoms. The Kier molecular flexibility index (Phi) is 5.69. The fourth-order valence-electron chi connectivity index (χ4n) is 5.19. The van der Waals surface area contributed by atoms with Gasteiger partial charge in [0.05, 0.1) is 23.4 Å². The monoisotopic (exact) mass is 459 g/mol. The van der Waals surface area contributed by atoms with Crippen LogP contribution in [0, 0.1) is 5.41 Å². The van der Waals surface area contributed by atoms with Crippen LogP contribution in [0.15, 0.2) is 53.6 Å². The maximum atomic E-state index is 12.9. The van der Waals surface area contributed by atoms with E-state index in [9.17, 15) is 14.7 Å². The van der Waals surface area contributed by atoms with Gasteiger partial charge in [0.25, 0.3) is 11.5 Å². The standard InChI is InChI=1S/C26H29N5O3/c1-3-26(10-8-21-19-6-4-5-7-20(19)24(33)30-29-21)13-18(14-26)28-25(34)22-15-27-23-12-17(16(2)32)9-11-31(22)23/h4-7,9,11-12,15-16,18,32H,3,8,10,13-14H2,1-2H3,(H,28,34)(H,30,33). The topological polar surface area (TPSA) is 112 Å². The van der Waals surface area contributed by atoms with E-state index in [4.69, 9.17) is 0 Å². The van der Waals surface area contributed by atoms with Crippen molar-refractivity contribution >= 4 is 22.3 Å². The molecule has 3 N–H and O–H groups in total. The average molecular weight is 460 g/mol. The molecule has 3 aromatic heterocycles. The molecular formula is C26H29N5O3. The molecule has 8 nitrogen and oxygen atoms in total. The number of carbonyl (C=O) groups excluding carboxylic acids is 1. The van der Waals surface area contributed by atoms with Crippen molar-refractivity contribution in [2.24, 2.45) is 5.41 Å². The van der Waals surface area contributed by atoms with Crippen molar-refractivity contribution in [2.75, 3.05) is 0 Å². The number of amides is 1. The van der Waals surface area contributed by atoms with Gasteiger partial charge in [0.1, 0.15) is 11.3 Å². The summed E-state index contributed by atoms with van der Waals surface area (Å²) in [7, 11) is 0. The van der Waals surface area contributed by atoms with Crippen molar-refractivity contribution in [3.8, 4) is 0 Å². The fraction of sp³-hybridized carbons (Fsp3) is 0.385. The lowest BCUT2D eigenvalue weighted by Gasteiger charge is -2.48. The Labute approximate surface area is 197 Å². The van der Waals surface area contributed by atoms with Crippen molar-refractivity contribution in [2.45, 2.75) is 58.1 Å². The number of imidazole rings is 1. The molecule has 1 saturated carbocycles. The molecule has 1 atom stereocenters. The van der Waals surface area contributed by atoms with Crippen molar-refractivity contribution < 1.29 is 9.90 Å². The van der Waals surface area contributed by atoms with E-state index in [1.165, 1.54) is 0 Å². The van der Waals surface area contributed by atoms with Crippen molar-refractivity contribution in [1.82, 2.24) is 24.9 Å². The Morgan fingerprint density at radius 2 is 2.06 bits per heavy atom. The number of carbonyl (C=O) groups is 1. The first-order valence-electron chi connectivity index (χ1n) is 11.8. The molecule has 0 saturated heterocycles. The Morgan fingerprint density at radius 1 is 1.29 bits per heavy atom. The molecule has 0 aliphatic heterocycles. The van der Waals surface area contributed by atoms with Gasteiger partial charge in [0.15, 0.2) is 0 Å². The minimum Gasteiger partial charge on any atom is -0.389 e. The molecule has 176 valence electrons. The zero-order valence-corrected chi connectivity index (χ0v) is 19.4. The summed E-state index contributed by atoms with van der Waals surface area (Å²) >= 11 is 0. The number of fused-ring (bicyclic) bond motifs is 2. The van der Waals surface area contributed by atoms with Crippen LogP contribution in [0.3, 0.4) is 0 Å². The first-order valence-corrected chi connectivity index (χ1v) is 11.8. The Balaban J connectivity index is 1.24. The molecule has 1 aliphatic rings. The Morgan fingerprint density at radius 3 is 2.79 bits per heavy atom. The van der Waals surface area contributed by atoms with Crippen LogP contribution in [0.1, 0.15) is 67.4 Å². The second-order valence-corrected chi connectivity index (χ2v) is 9.48. The quantitative estimate of drug-likeness (QED) is 0.391. The normalized spacial score (nSPS) is 20.9. The van der Waals surface area contributed by atoms with Crippen LogP contribution >= 0.6 is 0 Å². The largest absolute Gasteiger partial charge is 0.389 e. The minimum absolute atomic E-state index is 0.120. The summed E-state index contributed by atoms with van der Waals surface area (Å²) < 4.78 is 1.75. The molecule has 0 bridgehead atoms. The number of benzene rings is 1. The molecule has 1 unspecified atom stereocenters. The number of rotatable bonds is 7. The zero-order chi connectivity index (χ0) is 23.9. The second kappa shape index (κ2) is 8.68. The Hall–Kier alpha value is -3.52. The highest BCUT2D eigenvalue weighted by Crippen LogP contribution is 2.47. The minimum atomic E-state index is -0.583. The molecule has 4 aromatic rings. The molecule has 1 aliphatic carbocycles. The highest BCUT2D eigenvalue weighted by atomic mass is 16.3. The predicted molar refractivity (Wildman–Crippen MR) is 130 cm³/mol. The van der Waals surface area contributed by atoms with Crippen LogP contribution in [0.4, 0.5) is 0 Å². The van der Waals surface area contributed by atoms with Gasteiger partial charge in [-0.15, -0.1) is 0 Å². The van der Waals surface area contributed by atoms with Crippen molar-refractivity contribution in [3.05, 3.63) is 76.1 Å². The second-order valence-electron chi connectivity index (χ2n) is 9.48. The number of H-pyrrole nitrogens is 1. The molecule has 1 aromatic carbocycles. The fourth-order valence-corrected chi connectivity index (χ4v) is 5.19. The molecule has 8 heteroatoms. The molecule has 0 radical (unpaired) electrons. The van der Waals surface area contributed by atoms with Crippen LogP contribution in [0.2, 0.25) is 0 Å². The van der Waals surface area contributed by atoms with E-state index < -0.39 is 6.10 Å². The summed E-state index contributed by atoms with van der Waals surface area (Å²) in [5, 5.41) is 21.5. The number of hydrogen-bond donors (Lipinski definition) is 3. The molecule has 1 fully saturated rings. The summed E-state index contributed by atoms with van der Waals surface area (Å²) in [5.41, 5.74) is 2.80. The third kappa shape index (κ3) is 3.98. The van der Waals surface area contributed by atoms with Gasteiger partial charge >= 0.3 is 0 Å². The van der Waals surface area contributed by atoms with Crippen molar-refractivity contribution in [3.63, 3.8) is 0 Å². The summed E-state index contributed by atoms with van der Waals surface area (Å²) in [5.74, 6) is -0.139. The zero-order valence-electron chi connectivity index (χ0n) is 19.4. The van der Waals surface area contributed by atoms with Gasteiger partial charge in [-0.25, -0.2) is 10.1 Å². The molecule has 3 heterocycles. The Bertz CT molecular complexity index is 1420. The summed E-state index contributed by atoms with van der Waals surface area (Å²) in [6.07, 6.45) is 7.37. The van der Waals surface area contributed by atoms with E-state index in [1.807, 2.05) is 24.3 Å². The van der Waals surface area contributed by atoms with Gasteiger partial charge < -0.3 is 10.4 Å². The number of hydrogen-bond acceptors (Lipinski definition) is 5. The number of pyridine rings is 1. The van der Waals surface area contributed by atoms with Gasteiger partial charge in [-0.2, -0.15) is 5.10 Å². The summed E-state index contributed by atoms with van der Waals surface area (Å²) in [6.45, 7) is 3.90. The van der Waals surface area contributed by atoms with E-state index in [0.29, 0.717) is 16.7 Å². The maximum absolute atomic E-state index is 12.9. The van der Waals surface area contributed by atoms with Crippen LogP contribution in [0.5, 0.6) is 0 Å². The van der Waals surface area contributed by atoms with E-state index in [2.05, 4.69) is 27.4 Å². The van der Waals surface area contributed by atoms with Gasteiger partial charge in [0.2, 0.25) is 0 Å². The highest BCUT2D eigenvalue weighted by molar-refractivity contribution is 5.93. The summed E-state index contributed by atoms with van der Waals surface area (Å²) in [4.78, 5) is 29.3. The molecule has 34 heavy (non-hydrogen) atoms. The average Bonchev–Trinajstić information content (AvgIpc) is 3.25. The van der Waals surface area contributed by atoms with Crippen LogP contribution in [0.25, 0.3) is 16.4 Å². The van der Waals surface area contributed by atoms with E-state index in [-0.39, 0.29) is 22.9 Å². The lowest BCUT2D eigenvalue weighted by Crippen LogP contribution is -2.51. The number of aliphatic hydroxyl groups is 1. The van der Waals surface area contributed by atoms with Crippen LogP contribution in [-0.4, -0.2) is 36.6 Å². The first kappa shape index (κ1) is 22.3. The van der Waals surface area contributed by atoms with E-state index in [1.54, 1.807) is 35.9 Å². The predicted octanol–water partition coefficient (Wildman–Crippen LogP) is 3.55. The number of aromatic nitrogens is 4. The van der Waals surface area contributed by atoms with E-state index >= 15 is 0 Å². The lowest BCUT2D eigenvalue weighted by molar-refractivity contribution is 0.0568. The lowest BCUT2D eigenvalue weighted by atomic mass is 9.61. The van der Waals surface area contributed by atoms with Crippen molar-refractivity contribution in [1.29, 1.82) is 0 Å². The van der Waals surface area contributed by atoms with Gasteiger partial charge in [-0.3, -0.25) is 14.0 Å². The highest BCUT2D eigenvalue weighted by Gasteiger charge is 2.43. The van der Waals surface area contributed by atoms with E-state index in [0.717, 1.165) is 48.7 Å². The van der Waals surface area contributed by atoms with Gasteiger partial charge in [-0.05, 0) is 61.8 Å². The summed E-state index contributed by atoms with van der Waals surface area (Å²) in [6, 6.07) is 11.3. The SMILES string of the molecule is CCC1(CCc2n[nH]c(=O)c3ccccc23)CC(NC(=O)c2cnc3cc(C(C)O)ccn23)C1. The third-order valence-electron chi connectivity index (χ3n) is 7.36. The van der Waals surface area contributed by atoms with Gasteiger partial charge in [-0.1, -0.05) is 31.5 Å². The van der Waals surface area contributed by atoms with Crippen LogP contribution < -0.4 is 10.9 Å².